The molecule has 0 fully saturated rings. The van der Waals surface area contributed by atoms with Crippen molar-refractivity contribution in [3.05, 3.63) is 42.5 Å². The molecule has 1 N–H and O–H groups in total. The number of thioether (sulfide) groups is 1. The van der Waals surface area contributed by atoms with Gasteiger partial charge in [0.2, 0.25) is 0 Å². The van der Waals surface area contributed by atoms with E-state index in [2.05, 4.69) is 43.1 Å². The minimum atomic E-state index is 0. The van der Waals surface area contributed by atoms with E-state index in [1.807, 2.05) is 17.8 Å². The highest BCUT2D eigenvalue weighted by molar-refractivity contribution is 8.93. The lowest BCUT2D eigenvalue weighted by Crippen LogP contribution is -2.14. The highest BCUT2D eigenvalue weighted by Crippen LogP contribution is 2.22. The fourth-order valence-electron chi connectivity index (χ4n) is 1.46. The number of benzene rings is 1. The summed E-state index contributed by atoms with van der Waals surface area (Å²) in [4.78, 5) is 1.37. The minimum absolute atomic E-state index is 0. The van der Waals surface area contributed by atoms with Gasteiger partial charge in [-0.1, -0.05) is 37.6 Å². The molecule has 96 valence electrons. The average Bonchev–Trinajstić information content (AvgIpc) is 2.33. The minimum Gasteiger partial charge on any atom is -0.313 e. The normalized spacial score (nSPS) is 9.71. The molecule has 3 heteroatoms. The van der Waals surface area contributed by atoms with E-state index in [1.54, 1.807) is 0 Å². The average molecular weight is 316 g/mol. The SMILES string of the molecule is Br.C=CCSc1ccccc1CNCCCC. The summed E-state index contributed by atoms with van der Waals surface area (Å²) in [6.07, 6.45) is 4.45. The van der Waals surface area contributed by atoms with Crippen molar-refractivity contribution in [2.45, 2.75) is 31.2 Å². The molecule has 0 atom stereocenters. The molecule has 0 radical (unpaired) electrons. The van der Waals surface area contributed by atoms with E-state index in [1.165, 1.54) is 23.3 Å². The number of halogens is 1. The summed E-state index contributed by atoms with van der Waals surface area (Å²) in [6.45, 7) is 8.05. The zero-order chi connectivity index (χ0) is 11.6. The van der Waals surface area contributed by atoms with E-state index in [4.69, 9.17) is 0 Å². The molecule has 0 aliphatic rings. The maximum Gasteiger partial charge on any atom is 0.0216 e. The summed E-state index contributed by atoms with van der Waals surface area (Å²) in [7, 11) is 0. The summed E-state index contributed by atoms with van der Waals surface area (Å²) in [5.41, 5.74) is 1.39. The molecular weight excluding hydrogens is 294 g/mol. The predicted molar refractivity (Wildman–Crippen MR) is 84.3 cm³/mol. The van der Waals surface area contributed by atoms with Gasteiger partial charge < -0.3 is 5.32 Å². The maximum absolute atomic E-state index is 3.76. The Morgan fingerprint density at radius 1 is 1.35 bits per heavy atom. The molecule has 1 nitrogen and oxygen atoms in total. The Balaban J connectivity index is 0.00000256. The number of hydrogen-bond donors (Lipinski definition) is 1. The van der Waals surface area contributed by atoms with E-state index in [0.717, 1.165) is 18.8 Å². The van der Waals surface area contributed by atoms with Crippen molar-refractivity contribution in [3.8, 4) is 0 Å². The fourth-order valence-corrected chi connectivity index (χ4v) is 2.26. The third kappa shape index (κ3) is 6.92. The van der Waals surface area contributed by atoms with Crippen molar-refractivity contribution in [2.24, 2.45) is 0 Å². The first-order valence-corrected chi connectivity index (χ1v) is 6.89. The molecule has 0 heterocycles. The Morgan fingerprint density at radius 3 is 2.82 bits per heavy atom. The lowest BCUT2D eigenvalue weighted by Gasteiger charge is -2.09. The third-order valence-electron chi connectivity index (χ3n) is 2.35. The van der Waals surface area contributed by atoms with Crippen LogP contribution >= 0.6 is 28.7 Å². The Morgan fingerprint density at radius 2 is 2.12 bits per heavy atom. The number of unbranched alkanes of at least 4 members (excludes halogenated alkanes) is 1. The monoisotopic (exact) mass is 315 g/mol. The van der Waals surface area contributed by atoms with Crippen LogP contribution in [0.15, 0.2) is 41.8 Å². The molecule has 0 unspecified atom stereocenters. The summed E-state index contributed by atoms with van der Waals surface area (Å²) < 4.78 is 0. The van der Waals surface area contributed by atoms with Gasteiger partial charge in [-0.3, -0.25) is 0 Å². The summed E-state index contributed by atoms with van der Waals surface area (Å²) >= 11 is 1.85. The van der Waals surface area contributed by atoms with E-state index in [-0.39, 0.29) is 17.0 Å². The molecule has 1 rings (SSSR count). The largest absolute Gasteiger partial charge is 0.313 e. The smallest absolute Gasteiger partial charge is 0.0216 e. The van der Waals surface area contributed by atoms with Crippen molar-refractivity contribution in [3.63, 3.8) is 0 Å². The van der Waals surface area contributed by atoms with Crippen LogP contribution in [0.4, 0.5) is 0 Å². The van der Waals surface area contributed by atoms with Crippen LogP contribution in [0, 0.1) is 0 Å². The van der Waals surface area contributed by atoms with E-state index < -0.39 is 0 Å². The van der Waals surface area contributed by atoms with Gasteiger partial charge >= 0.3 is 0 Å². The van der Waals surface area contributed by atoms with E-state index >= 15 is 0 Å². The molecule has 1 aromatic rings. The van der Waals surface area contributed by atoms with Crippen molar-refractivity contribution >= 4 is 28.7 Å². The molecule has 0 aliphatic carbocycles. The van der Waals surface area contributed by atoms with Gasteiger partial charge in [0.05, 0.1) is 0 Å². The quantitative estimate of drug-likeness (QED) is 0.432. The zero-order valence-electron chi connectivity index (χ0n) is 10.4. The van der Waals surface area contributed by atoms with Gasteiger partial charge in [-0.2, -0.15) is 0 Å². The van der Waals surface area contributed by atoms with Crippen LogP contribution in [0.5, 0.6) is 0 Å². The Bertz CT molecular complexity index is 315. The van der Waals surface area contributed by atoms with Crippen molar-refractivity contribution in [2.75, 3.05) is 12.3 Å². The van der Waals surface area contributed by atoms with Gasteiger partial charge in [0.25, 0.3) is 0 Å². The molecule has 0 bridgehead atoms. The van der Waals surface area contributed by atoms with Crippen LogP contribution in [-0.2, 0) is 6.54 Å². The lowest BCUT2D eigenvalue weighted by atomic mass is 10.2. The number of rotatable bonds is 8. The summed E-state index contributed by atoms with van der Waals surface area (Å²) in [5, 5.41) is 3.48. The predicted octanol–water partition coefficient (Wildman–Crippen LogP) is 4.43. The van der Waals surface area contributed by atoms with Crippen LogP contribution in [-0.4, -0.2) is 12.3 Å². The van der Waals surface area contributed by atoms with Crippen molar-refractivity contribution < 1.29 is 0 Å². The van der Waals surface area contributed by atoms with Crippen LogP contribution in [0.2, 0.25) is 0 Å². The maximum atomic E-state index is 3.76. The Labute approximate surface area is 120 Å². The van der Waals surface area contributed by atoms with E-state index in [9.17, 15) is 0 Å². The molecule has 0 spiro atoms. The first-order valence-electron chi connectivity index (χ1n) is 5.90. The zero-order valence-corrected chi connectivity index (χ0v) is 13.0. The number of hydrogen-bond acceptors (Lipinski definition) is 2. The highest BCUT2D eigenvalue weighted by Gasteiger charge is 2.00. The molecule has 0 saturated carbocycles. The second-order valence-electron chi connectivity index (χ2n) is 3.74. The van der Waals surface area contributed by atoms with Gasteiger partial charge in [0.15, 0.2) is 0 Å². The van der Waals surface area contributed by atoms with Gasteiger partial charge in [-0.15, -0.1) is 35.3 Å². The van der Waals surface area contributed by atoms with Crippen LogP contribution < -0.4 is 5.32 Å². The fraction of sp³-hybridized carbons (Fsp3) is 0.429. The number of nitrogens with one attached hydrogen (secondary N) is 1. The molecule has 0 aliphatic heterocycles. The second-order valence-corrected chi connectivity index (χ2v) is 4.80. The first-order chi connectivity index (χ1) is 7.88. The Hall–Kier alpha value is -0.250. The highest BCUT2D eigenvalue weighted by atomic mass is 79.9. The van der Waals surface area contributed by atoms with Crippen LogP contribution in [0.25, 0.3) is 0 Å². The Kier molecular flexibility index (Phi) is 10.7. The second kappa shape index (κ2) is 10.9. The molecule has 1 aromatic carbocycles. The summed E-state index contributed by atoms with van der Waals surface area (Å²) in [6, 6.07) is 8.59. The van der Waals surface area contributed by atoms with Gasteiger partial charge in [-0.25, -0.2) is 0 Å². The molecule has 0 aromatic heterocycles. The van der Waals surface area contributed by atoms with Gasteiger partial charge in [-0.05, 0) is 24.6 Å². The van der Waals surface area contributed by atoms with Gasteiger partial charge in [0, 0.05) is 17.2 Å². The summed E-state index contributed by atoms with van der Waals surface area (Å²) in [5.74, 6) is 0.978. The third-order valence-corrected chi connectivity index (χ3v) is 3.46. The molecule has 0 saturated heterocycles. The van der Waals surface area contributed by atoms with Crippen LogP contribution in [0.1, 0.15) is 25.3 Å². The van der Waals surface area contributed by atoms with Crippen LogP contribution in [0.3, 0.4) is 0 Å². The standard InChI is InChI=1S/C14H21NS.BrH/c1-3-5-10-15-12-13-8-6-7-9-14(13)16-11-4-2;/h4,6-9,15H,2-3,5,10-12H2,1H3;1H. The first kappa shape index (κ1) is 16.8. The van der Waals surface area contributed by atoms with Gasteiger partial charge in [0.1, 0.15) is 0 Å². The van der Waals surface area contributed by atoms with Crippen molar-refractivity contribution in [1.29, 1.82) is 0 Å². The topological polar surface area (TPSA) is 12.0 Å². The molecular formula is C14H22BrNS. The van der Waals surface area contributed by atoms with E-state index in [0.29, 0.717) is 0 Å². The lowest BCUT2D eigenvalue weighted by molar-refractivity contribution is 0.637. The molecule has 17 heavy (non-hydrogen) atoms. The molecule has 0 amide bonds. The van der Waals surface area contributed by atoms with Crippen molar-refractivity contribution in [1.82, 2.24) is 5.32 Å².